The van der Waals surface area contributed by atoms with Crippen LogP contribution in [0.3, 0.4) is 0 Å². The van der Waals surface area contributed by atoms with Gasteiger partial charge in [0.2, 0.25) is 11.7 Å². The molecule has 1 fully saturated rings. The summed E-state index contributed by atoms with van der Waals surface area (Å²) in [5.74, 6) is -0.820. The smallest absolute Gasteiger partial charge is 0.351 e. The number of aryl methyl sites for hydroxylation is 1. The molecule has 2 rings (SSSR count). The molecule has 24 heavy (non-hydrogen) atoms. The molecule has 0 spiro atoms. The van der Waals surface area contributed by atoms with Crippen LogP contribution in [-0.2, 0) is 4.79 Å². The maximum atomic E-state index is 12.2. The predicted molar refractivity (Wildman–Crippen MR) is 77.2 cm³/mol. The fraction of sp³-hybridized carbons (Fsp3) is 0.643. The highest BCUT2D eigenvalue weighted by atomic mass is 19.4. The number of rotatable bonds is 4. The van der Waals surface area contributed by atoms with Crippen molar-refractivity contribution in [2.75, 3.05) is 32.7 Å². The molecule has 0 unspecified atom stereocenters. The lowest BCUT2D eigenvalue weighted by Gasteiger charge is -2.37. The van der Waals surface area contributed by atoms with E-state index in [9.17, 15) is 22.8 Å². The monoisotopic (exact) mass is 348 g/mol. The summed E-state index contributed by atoms with van der Waals surface area (Å²) in [6.07, 6.45) is -4.43. The molecule has 0 bridgehead atoms. The van der Waals surface area contributed by atoms with Gasteiger partial charge >= 0.3 is 6.18 Å². The third-order valence-corrected chi connectivity index (χ3v) is 3.83. The van der Waals surface area contributed by atoms with E-state index in [-0.39, 0.29) is 11.7 Å². The molecule has 1 aliphatic heterocycles. The lowest BCUT2D eigenvalue weighted by Crippen LogP contribution is -2.55. The van der Waals surface area contributed by atoms with Crippen LogP contribution in [0, 0.1) is 6.92 Å². The number of amides is 2. The van der Waals surface area contributed by atoms with Gasteiger partial charge in [-0.25, -0.2) is 0 Å². The molecule has 0 radical (unpaired) electrons. The molecule has 1 aromatic heterocycles. The van der Waals surface area contributed by atoms with Crippen LogP contribution in [0.15, 0.2) is 10.6 Å². The van der Waals surface area contributed by atoms with E-state index >= 15 is 0 Å². The Morgan fingerprint density at radius 1 is 1.33 bits per heavy atom. The van der Waals surface area contributed by atoms with Crippen molar-refractivity contribution >= 4 is 11.8 Å². The van der Waals surface area contributed by atoms with Crippen molar-refractivity contribution in [1.29, 1.82) is 0 Å². The Balaban J connectivity index is 1.83. The largest absolute Gasteiger partial charge is 0.405 e. The Morgan fingerprint density at radius 2 is 1.96 bits per heavy atom. The van der Waals surface area contributed by atoms with E-state index in [0.717, 1.165) is 0 Å². The number of halogens is 3. The molecule has 1 atom stereocenters. The molecular weight excluding hydrogens is 329 g/mol. The molecule has 10 heteroatoms. The summed E-state index contributed by atoms with van der Waals surface area (Å²) >= 11 is 0. The summed E-state index contributed by atoms with van der Waals surface area (Å²) in [7, 11) is 0. The molecule has 7 nitrogen and oxygen atoms in total. The van der Waals surface area contributed by atoms with E-state index in [0.29, 0.717) is 31.9 Å². The van der Waals surface area contributed by atoms with Crippen molar-refractivity contribution in [3.8, 4) is 0 Å². The molecule has 2 amide bonds. The van der Waals surface area contributed by atoms with Crippen LogP contribution < -0.4 is 5.32 Å². The van der Waals surface area contributed by atoms with Gasteiger partial charge in [-0.3, -0.25) is 14.5 Å². The van der Waals surface area contributed by atoms with Gasteiger partial charge in [0.1, 0.15) is 6.54 Å². The summed E-state index contributed by atoms with van der Waals surface area (Å²) < 4.78 is 41.3. The molecular formula is C14H19F3N4O3. The number of aromatic nitrogens is 1. The van der Waals surface area contributed by atoms with Crippen LogP contribution in [-0.4, -0.2) is 71.7 Å². The normalized spacial score (nSPS) is 17.6. The fourth-order valence-corrected chi connectivity index (χ4v) is 2.43. The highest BCUT2D eigenvalue weighted by Crippen LogP contribution is 2.14. The zero-order chi connectivity index (χ0) is 17.9. The van der Waals surface area contributed by atoms with Crippen molar-refractivity contribution < 1.29 is 27.3 Å². The fourth-order valence-electron chi connectivity index (χ4n) is 2.43. The molecule has 2 heterocycles. The summed E-state index contributed by atoms with van der Waals surface area (Å²) in [5, 5.41) is 5.53. The molecule has 1 aliphatic rings. The van der Waals surface area contributed by atoms with Crippen LogP contribution in [0.25, 0.3) is 0 Å². The van der Waals surface area contributed by atoms with Gasteiger partial charge < -0.3 is 14.7 Å². The zero-order valence-electron chi connectivity index (χ0n) is 13.4. The van der Waals surface area contributed by atoms with Gasteiger partial charge in [0.05, 0.1) is 11.7 Å². The third kappa shape index (κ3) is 4.70. The number of hydrogen-bond acceptors (Lipinski definition) is 5. The van der Waals surface area contributed by atoms with Crippen LogP contribution in [0.1, 0.15) is 23.2 Å². The molecule has 1 saturated heterocycles. The molecule has 0 aliphatic carbocycles. The first-order valence-electron chi connectivity index (χ1n) is 7.48. The number of carbonyl (C=O) groups excluding carboxylic acids is 2. The Labute approximate surface area is 136 Å². The second-order valence-electron chi connectivity index (χ2n) is 5.67. The van der Waals surface area contributed by atoms with Crippen LogP contribution in [0.4, 0.5) is 13.2 Å². The number of alkyl halides is 3. The van der Waals surface area contributed by atoms with Gasteiger partial charge in [0.15, 0.2) is 0 Å². The van der Waals surface area contributed by atoms with E-state index in [1.165, 1.54) is 0 Å². The van der Waals surface area contributed by atoms with Crippen molar-refractivity contribution in [1.82, 2.24) is 20.3 Å². The molecule has 0 saturated carbocycles. The topological polar surface area (TPSA) is 78.7 Å². The van der Waals surface area contributed by atoms with Crippen LogP contribution in [0.5, 0.6) is 0 Å². The van der Waals surface area contributed by atoms with Crippen molar-refractivity contribution in [2.24, 2.45) is 0 Å². The highest BCUT2D eigenvalue weighted by molar-refractivity contribution is 5.91. The summed E-state index contributed by atoms with van der Waals surface area (Å²) in [5.41, 5.74) is 0.604. The van der Waals surface area contributed by atoms with Crippen LogP contribution in [0.2, 0.25) is 0 Å². The molecule has 134 valence electrons. The number of carbonyl (C=O) groups is 2. The number of piperazine rings is 1. The average molecular weight is 348 g/mol. The average Bonchev–Trinajstić information content (AvgIpc) is 2.97. The lowest BCUT2D eigenvalue weighted by atomic mass is 10.2. The van der Waals surface area contributed by atoms with Gasteiger partial charge in [-0.1, -0.05) is 5.16 Å². The summed E-state index contributed by atoms with van der Waals surface area (Å²) in [4.78, 5) is 27.3. The minimum absolute atomic E-state index is 0.150. The van der Waals surface area contributed by atoms with E-state index < -0.39 is 24.7 Å². The Hall–Kier alpha value is -2.10. The SMILES string of the molecule is Cc1cc(C(=O)N2CCN([C@H](C)C(=O)NCC(F)(F)F)CC2)on1. The standard InChI is InChI=1S/C14H19F3N4O3/c1-9-7-11(24-19-9)13(23)21-5-3-20(4-6-21)10(2)12(22)18-8-14(15,16)17/h7,10H,3-6,8H2,1-2H3,(H,18,22)/t10-/m1/s1. The quantitative estimate of drug-likeness (QED) is 0.871. The van der Waals surface area contributed by atoms with Crippen LogP contribution >= 0.6 is 0 Å². The van der Waals surface area contributed by atoms with Gasteiger partial charge in [0, 0.05) is 32.2 Å². The number of nitrogens with one attached hydrogen (secondary N) is 1. The highest BCUT2D eigenvalue weighted by Gasteiger charge is 2.32. The first-order chi connectivity index (χ1) is 11.2. The zero-order valence-corrected chi connectivity index (χ0v) is 13.4. The van der Waals surface area contributed by atoms with E-state index in [1.807, 2.05) is 5.32 Å². The summed E-state index contributed by atoms with van der Waals surface area (Å²) in [6.45, 7) is 3.39. The lowest BCUT2D eigenvalue weighted by molar-refractivity contribution is -0.141. The minimum atomic E-state index is -4.43. The second kappa shape index (κ2) is 7.20. The van der Waals surface area contributed by atoms with E-state index in [1.54, 1.807) is 29.7 Å². The second-order valence-corrected chi connectivity index (χ2v) is 5.67. The molecule has 0 aromatic carbocycles. The van der Waals surface area contributed by atoms with Crippen molar-refractivity contribution in [3.63, 3.8) is 0 Å². The first-order valence-corrected chi connectivity index (χ1v) is 7.48. The van der Waals surface area contributed by atoms with Crippen molar-refractivity contribution in [3.05, 3.63) is 17.5 Å². The molecule has 1 aromatic rings. The van der Waals surface area contributed by atoms with E-state index in [2.05, 4.69) is 5.16 Å². The third-order valence-electron chi connectivity index (χ3n) is 3.83. The van der Waals surface area contributed by atoms with Gasteiger partial charge in [0.25, 0.3) is 5.91 Å². The Morgan fingerprint density at radius 3 is 2.46 bits per heavy atom. The first kappa shape index (κ1) is 18.2. The van der Waals surface area contributed by atoms with Gasteiger partial charge in [-0.15, -0.1) is 0 Å². The predicted octanol–water partition coefficient (Wildman–Crippen LogP) is 0.808. The summed E-state index contributed by atoms with van der Waals surface area (Å²) in [6, 6.07) is 0.846. The Bertz CT molecular complexity index is 594. The number of nitrogens with zero attached hydrogens (tertiary/aromatic N) is 3. The van der Waals surface area contributed by atoms with E-state index in [4.69, 9.17) is 4.52 Å². The number of hydrogen-bond donors (Lipinski definition) is 1. The Kier molecular flexibility index (Phi) is 5.47. The van der Waals surface area contributed by atoms with Gasteiger partial charge in [-0.05, 0) is 13.8 Å². The maximum Gasteiger partial charge on any atom is 0.405 e. The van der Waals surface area contributed by atoms with Crippen molar-refractivity contribution in [2.45, 2.75) is 26.1 Å². The van der Waals surface area contributed by atoms with Gasteiger partial charge in [-0.2, -0.15) is 13.2 Å². The maximum absolute atomic E-state index is 12.2. The molecule has 1 N–H and O–H groups in total. The minimum Gasteiger partial charge on any atom is -0.351 e.